The Morgan fingerprint density at radius 2 is 2.08 bits per heavy atom. The number of carboxylic acids is 1. The summed E-state index contributed by atoms with van der Waals surface area (Å²) >= 11 is 0. The van der Waals surface area contributed by atoms with E-state index in [0.717, 1.165) is 0 Å². The molecule has 13 heavy (non-hydrogen) atoms. The number of nitrogens with two attached hydrogens (primary N) is 1. The molecule has 4 heteroatoms. The maximum absolute atomic E-state index is 10.8. The van der Waals surface area contributed by atoms with Crippen LogP contribution in [0.15, 0.2) is 0 Å². The number of aliphatic carboxylic acids is 1. The number of rotatable bonds is 5. The van der Waals surface area contributed by atoms with Crippen LogP contribution in [0.4, 0.5) is 0 Å². The van der Waals surface area contributed by atoms with Gasteiger partial charge < -0.3 is 15.6 Å². The molecule has 4 nitrogen and oxygen atoms in total. The van der Waals surface area contributed by atoms with Gasteiger partial charge in [0.05, 0.1) is 19.1 Å². The van der Waals surface area contributed by atoms with Crippen molar-refractivity contribution in [3.63, 3.8) is 0 Å². The van der Waals surface area contributed by atoms with Crippen LogP contribution in [-0.4, -0.2) is 30.8 Å². The van der Waals surface area contributed by atoms with Crippen LogP contribution < -0.4 is 5.73 Å². The van der Waals surface area contributed by atoms with Gasteiger partial charge in [-0.1, -0.05) is 20.8 Å². The summed E-state index contributed by atoms with van der Waals surface area (Å²) < 4.78 is 5.13. The van der Waals surface area contributed by atoms with Gasteiger partial charge in [-0.15, -0.1) is 0 Å². The lowest BCUT2D eigenvalue weighted by atomic mass is 9.81. The van der Waals surface area contributed by atoms with Crippen molar-refractivity contribution in [3.8, 4) is 0 Å². The fourth-order valence-electron chi connectivity index (χ4n) is 0.976. The highest BCUT2D eigenvalue weighted by Gasteiger charge is 2.31. The molecule has 0 spiro atoms. The topological polar surface area (TPSA) is 72.5 Å². The van der Waals surface area contributed by atoms with E-state index in [2.05, 4.69) is 0 Å². The van der Waals surface area contributed by atoms with Gasteiger partial charge in [0.1, 0.15) is 0 Å². The molecular weight excluding hydrogens is 170 g/mol. The first-order valence-electron chi connectivity index (χ1n) is 4.40. The summed E-state index contributed by atoms with van der Waals surface area (Å²) in [5.74, 6) is -1.29. The van der Waals surface area contributed by atoms with Crippen molar-refractivity contribution in [2.24, 2.45) is 17.1 Å². The third-order valence-electron chi connectivity index (χ3n) is 1.89. The largest absolute Gasteiger partial charge is 0.481 e. The van der Waals surface area contributed by atoms with E-state index in [1.54, 1.807) is 0 Å². The molecule has 3 N–H and O–H groups in total. The lowest BCUT2D eigenvalue weighted by Crippen LogP contribution is -2.33. The normalized spacial score (nSPS) is 14.2. The molecule has 0 heterocycles. The molecule has 0 rings (SSSR count). The van der Waals surface area contributed by atoms with Gasteiger partial charge in [-0.3, -0.25) is 4.79 Å². The number of hydrogen-bond acceptors (Lipinski definition) is 3. The van der Waals surface area contributed by atoms with E-state index in [4.69, 9.17) is 15.6 Å². The molecule has 0 aromatic heterocycles. The van der Waals surface area contributed by atoms with Crippen molar-refractivity contribution in [1.82, 2.24) is 0 Å². The van der Waals surface area contributed by atoms with Crippen molar-refractivity contribution >= 4 is 5.97 Å². The predicted molar refractivity (Wildman–Crippen MR) is 50.5 cm³/mol. The zero-order chi connectivity index (χ0) is 10.5. The van der Waals surface area contributed by atoms with Crippen LogP contribution >= 0.6 is 0 Å². The maximum Gasteiger partial charge on any atom is 0.309 e. The number of carboxylic acid groups (broad SMARTS) is 1. The summed E-state index contributed by atoms with van der Waals surface area (Å²) in [7, 11) is 0. The third-order valence-corrected chi connectivity index (χ3v) is 1.89. The Morgan fingerprint density at radius 1 is 1.54 bits per heavy atom. The Kier molecular flexibility index (Phi) is 4.95. The molecule has 0 amide bonds. The van der Waals surface area contributed by atoms with Gasteiger partial charge in [0, 0.05) is 6.54 Å². The van der Waals surface area contributed by atoms with Gasteiger partial charge in [-0.05, 0) is 5.41 Å². The molecule has 0 aromatic carbocycles. The van der Waals surface area contributed by atoms with Crippen molar-refractivity contribution in [2.75, 3.05) is 19.8 Å². The number of ether oxygens (including phenoxy) is 1. The van der Waals surface area contributed by atoms with Crippen LogP contribution in [0.1, 0.15) is 20.8 Å². The van der Waals surface area contributed by atoms with Gasteiger partial charge in [-0.25, -0.2) is 0 Å². The molecule has 1 atom stereocenters. The molecule has 0 bridgehead atoms. The Bertz CT molecular complexity index is 163. The summed E-state index contributed by atoms with van der Waals surface area (Å²) in [4.78, 5) is 10.8. The van der Waals surface area contributed by atoms with Crippen LogP contribution in [0.25, 0.3) is 0 Å². The summed E-state index contributed by atoms with van der Waals surface area (Å²) in [5.41, 5.74) is 4.95. The maximum atomic E-state index is 10.8. The summed E-state index contributed by atoms with van der Waals surface area (Å²) in [6, 6.07) is 0. The van der Waals surface area contributed by atoms with E-state index in [9.17, 15) is 4.79 Å². The molecule has 0 aliphatic carbocycles. The van der Waals surface area contributed by atoms with Crippen LogP contribution in [0, 0.1) is 11.3 Å². The van der Waals surface area contributed by atoms with Crippen molar-refractivity contribution in [3.05, 3.63) is 0 Å². The number of carbonyl (C=O) groups is 1. The number of hydrogen-bond donors (Lipinski definition) is 2. The van der Waals surface area contributed by atoms with Crippen LogP contribution in [0.3, 0.4) is 0 Å². The Hall–Kier alpha value is -0.610. The Balaban J connectivity index is 4.04. The highest BCUT2D eigenvalue weighted by Crippen LogP contribution is 2.26. The summed E-state index contributed by atoms with van der Waals surface area (Å²) in [5, 5.41) is 8.90. The van der Waals surface area contributed by atoms with Gasteiger partial charge in [0.25, 0.3) is 0 Å². The minimum absolute atomic E-state index is 0.232. The second-order valence-electron chi connectivity index (χ2n) is 4.12. The zero-order valence-electron chi connectivity index (χ0n) is 8.54. The molecule has 0 aromatic rings. The fourth-order valence-corrected chi connectivity index (χ4v) is 0.976. The highest BCUT2D eigenvalue weighted by molar-refractivity contribution is 5.71. The van der Waals surface area contributed by atoms with Crippen LogP contribution in [-0.2, 0) is 9.53 Å². The summed E-state index contributed by atoms with van der Waals surface area (Å²) in [6.07, 6.45) is 0. The Labute approximate surface area is 79.1 Å². The second-order valence-corrected chi connectivity index (χ2v) is 4.12. The molecule has 1 unspecified atom stereocenters. The van der Waals surface area contributed by atoms with E-state index in [-0.39, 0.29) is 12.0 Å². The third kappa shape index (κ3) is 4.85. The SMILES string of the molecule is CC(C)(C)C(COCCN)C(=O)O. The molecule has 0 radical (unpaired) electrons. The first-order valence-corrected chi connectivity index (χ1v) is 4.40. The van der Waals surface area contributed by atoms with Crippen molar-refractivity contribution < 1.29 is 14.6 Å². The van der Waals surface area contributed by atoms with Gasteiger partial charge in [-0.2, -0.15) is 0 Å². The molecule has 0 aliphatic heterocycles. The predicted octanol–water partition coefficient (Wildman–Crippen LogP) is 0.709. The summed E-state index contributed by atoms with van der Waals surface area (Å²) in [6.45, 7) is 6.74. The average molecular weight is 189 g/mol. The van der Waals surface area contributed by atoms with Crippen molar-refractivity contribution in [1.29, 1.82) is 0 Å². The quantitative estimate of drug-likeness (QED) is 0.625. The first kappa shape index (κ1) is 12.4. The van der Waals surface area contributed by atoms with E-state index < -0.39 is 11.9 Å². The fraction of sp³-hybridized carbons (Fsp3) is 0.889. The molecular formula is C9H19NO3. The highest BCUT2D eigenvalue weighted by atomic mass is 16.5. The average Bonchev–Trinajstić information content (AvgIpc) is 1.94. The van der Waals surface area contributed by atoms with Crippen molar-refractivity contribution in [2.45, 2.75) is 20.8 Å². The van der Waals surface area contributed by atoms with Gasteiger partial charge in [0.2, 0.25) is 0 Å². The lowest BCUT2D eigenvalue weighted by molar-refractivity contribution is -0.148. The smallest absolute Gasteiger partial charge is 0.309 e. The zero-order valence-corrected chi connectivity index (χ0v) is 8.54. The lowest BCUT2D eigenvalue weighted by Gasteiger charge is -2.26. The minimum Gasteiger partial charge on any atom is -0.481 e. The molecule has 78 valence electrons. The van der Waals surface area contributed by atoms with Gasteiger partial charge >= 0.3 is 5.97 Å². The second kappa shape index (κ2) is 5.19. The minimum atomic E-state index is -0.815. The standard InChI is InChI=1S/C9H19NO3/c1-9(2,3)7(8(11)12)6-13-5-4-10/h7H,4-6,10H2,1-3H3,(H,11,12). The van der Waals surface area contributed by atoms with Gasteiger partial charge in [0.15, 0.2) is 0 Å². The van der Waals surface area contributed by atoms with E-state index in [1.807, 2.05) is 20.8 Å². The van der Waals surface area contributed by atoms with Crippen LogP contribution in [0.5, 0.6) is 0 Å². The first-order chi connectivity index (χ1) is 5.89. The molecule has 0 saturated carbocycles. The van der Waals surface area contributed by atoms with E-state index in [0.29, 0.717) is 13.2 Å². The van der Waals surface area contributed by atoms with E-state index >= 15 is 0 Å². The molecule has 0 fully saturated rings. The monoisotopic (exact) mass is 189 g/mol. The Morgan fingerprint density at radius 3 is 2.38 bits per heavy atom. The molecule has 0 aliphatic rings. The molecule has 0 saturated heterocycles. The van der Waals surface area contributed by atoms with E-state index in [1.165, 1.54) is 0 Å². The van der Waals surface area contributed by atoms with Crippen LogP contribution in [0.2, 0.25) is 0 Å².